The van der Waals surface area contributed by atoms with E-state index < -0.39 is 11.7 Å². The number of hydrogen-bond acceptors (Lipinski definition) is 4. The van der Waals surface area contributed by atoms with Gasteiger partial charge in [-0.3, -0.25) is 4.79 Å². The molecule has 0 aliphatic carbocycles. The second-order valence-electron chi connectivity index (χ2n) is 4.19. The molecule has 1 aromatic carbocycles. The molecule has 0 saturated heterocycles. The van der Waals surface area contributed by atoms with E-state index in [1.54, 1.807) is 12.1 Å². The van der Waals surface area contributed by atoms with Gasteiger partial charge in [0, 0.05) is 17.7 Å². The molecule has 1 amide bonds. The molecule has 0 aromatic heterocycles. The molecule has 0 spiro atoms. The number of carbonyl (C=O) groups excluding carboxylic acids is 1. The number of benzene rings is 1. The number of halogens is 1. The fraction of sp³-hybridized carbons (Fsp3) is 0.429. The average molecular weight is 279 g/mol. The highest BCUT2D eigenvalue weighted by atomic mass is 19.1. The molecule has 2 N–H and O–H groups in total. The Bertz CT molecular complexity index is 500. The van der Waals surface area contributed by atoms with Crippen LogP contribution in [-0.4, -0.2) is 25.6 Å². The first-order valence-corrected chi connectivity index (χ1v) is 6.37. The van der Waals surface area contributed by atoms with Gasteiger partial charge in [-0.25, -0.2) is 4.39 Å². The predicted octanol–water partition coefficient (Wildman–Crippen LogP) is 1.51. The van der Waals surface area contributed by atoms with Crippen LogP contribution in [0.1, 0.15) is 25.5 Å². The second kappa shape index (κ2) is 8.12. The minimum absolute atomic E-state index is 0.0160. The molecule has 0 fully saturated rings. The SMILES string of the molecule is CCNC(C)c1ccc(F)cc1OCC(=O)NCC#N. The zero-order chi connectivity index (χ0) is 15.0. The quantitative estimate of drug-likeness (QED) is 0.742. The van der Waals surface area contributed by atoms with E-state index >= 15 is 0 Å². The normalized spacial score (nSPS) is 11.5. The van der Waals surface area contributed by atoms with Crippen LogP contribution in [0.3, 0.4) is 0 Å². The molecule has 108 valence electrons. The molecule has 0 radical (unpaired) electrons. The Kier molecular flexibility index (Phi) is 6.47. The lowest BCUT2D eigenvalue weighted by molar-refractivity contribution is -0.122. The molecule has 1 atom stereocenters. The van der Waals surface area contributed by atoms with Crippen LogP contribution in [0, 0.1) is 17.1 Å². The third-order valence-electron chi connectivity index (χ3n) is 2.68. The van der Waals surface area contributed by atoms with Gasteiger partial charge in [0.05, 0.1) is 6.07 Å². The molecule has 0 heterocycles. The maximum Gasteiger partial charge on any atom is 0.258 e. The van der Waals surface area contributed by atoms with E-state index in [1.165, 1.54) is 12.1 Å². The van der Waals surface area contributed by atoms with Crippen molar-refractivity contribution in [1.82, 2.24) is 10.6 Å². The summed E-state index contributed by atoms with van der Waals surface area (Å²) in [6.07, 6.45) is 0. The van der Waals surface area contributed by atoms with Gasteiger partial charge in [0.1, 0.15) is 18.1 Å². The third-order valence-corrected chi connectivity index (χ3v) is 2.68. The van der Waals surface area contributed by atoms with Crippen LogP contribution < -0.4 is 15.4 Å². The monoisotopic (exact) mass is 279 g/mol. The van der Waals surface area contributed by atoms with E-state index in [1.807, 2.05) is 13.8 Å². The highest BCUT2D eigenvalue weighted by Gasteiger charge is 2.13. The average Bonchev–Trinajstić information content (AvgIpc) is 2.43. The summed E-state index contributed by atoms with van der Waals surface area (Å²) in [4.78, 5) is 11.4. The predicted molar refractivity (Wildman–Crippen MR) is 72.6 cm³/mol. The van der Waals surface area contributed by atoms with Crippen LogP contribution in [0.2, 0.25) is 0 Å². The highest BCUT2D eigenvalue weighted by molar-refractivity contribution is 5.77. The molecule has 0 saturated carbocycles. The summed E-state index contributed by atoms with van der Waals surface area (Å²) < 4.78 is 18.6. The van der Waals surface area contributed by atoms with Crippen LogP contribution in [-0.2, 0) is 4.79 Å². The Balaban J connectivity index is 2.74. The van der Waals surface area contributed by atoms with Gasteiger partial charge >= 0.3 is 0 Å². The van der Waals surface area contributed by atoms with E-state index in [4.69, 9.17) is 10.00 Å². The van der Waals surface area contributed by atoms with Crippen LogP contribution in [0.25, 0.3) is 0 Å². The van der Waals surface area contributed by atoms with Gasteiger partial charge in [-0.15, -0.1) is 0 Å². The molecule has 0 aliphatic rings. The summed E-state index contributed by atoms with van der Waals surface area (Å²) in [5.74, 6) is -0.520. The molecule has 1 unspecified atom stereocenters. The van der Waals surface area contributed by atoms with E-state index in [0.717, 1.165) is 12.1 Å². The molecule has 0 bridgehead atoms. The summed E-state index contributed by atoms with van der Waals surface area (Å²) in [6.45, 7) is 4.33. The van der Waals surface area contributed by atoms with Crippen molar-refractivity contribution < 1.29 is 13.9 Å². The van der Waals surface area contributed by atoms with Crippen molar-refractivity contribution in [2.24, 2.45) is 0 Å². The zero-order valence-electron chi connectivity index (χ0n) is 11.6. The van der Waals surface area contributed by atoms with Gasteiger partial charge in [-0.2, -0.15) is 5.26 Å². The number of carbonyl (C=O) groups is 1. The van der Waals surface area contributed by atoms with Crippen LogP contribution in [0.5, 0.6) is 5.75 Å². The molecule has 1 aromatic rings. The Morgan fingerprint density at radius 2 is 2.30 bits per heavy atom. The number of ether oxygens (including phenoxy) is 1. The van der Waals surface area contributed by atoms with Crippen LogP contribution in [0.4, 0.5) is 4.39 Å². The van der Waals surface area contributed by atoms with E-state index in [9.17, 15) is 9.18 Å². The fourth-order valence-electron chi connectivity index (χ4n) is 1.74. The summed E-state index contributed by atoms with van der Waals surface area (Å²) >= 11 is 0. The van der Waals surface area contributed by atoms with E-state index in [2.05, 4.69) is 10.6 Å². The lowest BCUT2D eigenvalue weighted by Crippen LogP contribution is -2.29. The van der Waals surface area contributed by atoms with Gasteiger partial charge in [-0.1, -0.05) is 13.0 Å². The Labute approximate surface area is 117 Å². The van der Waals surface area contributed by atoms with Gasteiger partial charge in [0.2, 0.25) is 0 Å². The summed E-state index contributed by atoms with van der Waals surface area (Å²) in [7, 11) is 0. The molecular formula is C14H18FN3O2. The first kappa shape index (κ1) is 15.9. The van der Waals surface area contributed by atoms with Crippen molar-refractivity contribution in [2.45, 2.75) is 19.9 Å². The van der Waals surface area contributed by atoms with Crippen molar-refractivity contribution >= 4 is 5.91 Å². The minimum atomic E-state index is -0.426. The van der Waals surface area contributed by atoms with Gasteiger partial charge in [0.25, 0.3) is 5.91 Å². The number of rotatable bonds is 7. The first-order valence-electron chi connectivity index (χ1n) is 6.37. The van der Waals surface area contributed by atoms with Crippen molar-refractivity contribution in [3.8, 4) is 11.8 Å². The Morgan fingerprint density at radius 1 is 1.55 bits per heavy atom. The summed E-state index contributed by atoms with van der Waals surface area (Å²) in [5.41, 5.74) is 0.779. The van der Waals surface area contributed by atoms with E-state index in [0.29, 0.717) is 5.75 Å². The lowest BCUT2D eigenvalue weighted by Gasteiger charge is -2.17. The number of hydrogen-bond donors (Lipinski definition) is 2. The highest BCUT2D eigenvalue weighted by Crippen LogP contribution is 2.26. The van der Waals surface area contributed by atoms with Gasteiger partial charge in [0.15, 0.2) is 6.61 Å². The van der Waals surface area contributed by atoms with Crippen molar-refractivity contribution in [3.05, 3.63) is 29.6 Å². The number of nitrogens with one attached hydrogen (secondary N) is 2. The lowest BCUT2D eigenvalue weighted by atomic mass is 10.1. The maximum atomic E-state index is 13.3. The Hall–Kier alpha value is -2.13. The first-order chi connectivity index (χ1) is 9.58. The smallest absolute Gasteiger partial charge is 0.258 e. The van der Waals surface area contributed by atoms with Gasteiger partial charge in [-0.05, 0) is 19.5 Å². The van der Waals surface area contributed by atoms with Crippen molar-refractivity contribution in [2.75, 3.05) is 19.7 Å². The van der Waals surface area contributed by atoms with Crippen LogP contribution in [0.15, 0.2) is 18.2 Å². The Morgan fingerprint density at radius 3 is 2.95 bits per heavy atom. The number of amides is 1. The van der Waals surface area contributed by atoms with E-state index in [-0.39, 0.29) is 19.2 Å². The maximum absolute atomic E-state index is 13.3. The second-order valence-corrected chi connectivity index (χ2v) is 4.19. The largest absolute Gasteiger partial charge is 0.483 e. The third kappa shape index (κ3) is 4.86. The fourth-order valence-corrected chi connectivity index (χ4v) is 1.74. The van der Waals surface area contributed by atoms with Crippen molar-refractivity contribution in [1.29, 1.82) is 5.26 Å². The standard InChI is InChI=1S/C14H18FN3O2/c1-3-17-10(2)12-5-4-11(15)8-13(12)20-9-14(19)18-7-6-16/h4-5,8,10,17H,3,7,9H2,1-2H3,(H,18,19). The number of nitriles is 1. The van der Waals surface area contributed by atoms with Crippen LogP contribution >= 0.6 is 0 Å². The zero-order valence-corrected chi connectivity index (χ0v) is 11.6. The molecule has 6 heteroatoms. The molecule has 20 heavy (non-hydrogen) atoms. The topological polar surface area (TPSA) is 74.2 Å². The molecular weight excluding hydrogens is 261 g/mol. The molecule has 1 rings (SSSR count). The van der Waals surface area contributed by atoms with Crippen molar-refractivity contribution in [3.63, 3.8) is 0 Å². The summed E-state index contributed by atoms with van der Waals surface area (Å²) in [6, 6.07) is 6.01. The van der Waals surface area contributed by atoms with Gasteiger partial charge < -0.3 is 15.4 Å². The minimum Gasteiger partial charge on any atom is -0.483 e. The number of nitrogens with zero attached hydrogens (tertiary/aromatic N) is 1. The molecule has 5 nitrogen and oxygen atoms in total. The summed E-state index contributed by atoms with van der Waals surface area (Å²) in [5, 5.41) is 13.9. The molecule has 0 aliphatic heterocycles.